The van der Waals surface area contributed by atoms with Crippen molar-refractivity contribution in [2.24, 2.45) is 23.7 Å². The molecule has 0 radical (unpaired) electrons. The number of imide groups is 1. The predicted molar refractivity (Wildman–Crippen MR) is 116 cm³/mol. The number of esters is 1. The first-order valence-corrected chi connectivity index (χ1v) is 10.5. The molecule has 31 heavy (non-hydrogen) atoms. The van der Waals surface area contributed by atoms with Gasteiger partial charge < -0.3 is 4.74 Å². The van der Waals surface area contributed by atoms with E-state index in [1.807, 2.05) is 36.4 Å². The lowest BCUT2D eigenvalue weighted by atomic mass is 9.85. The van der Waals surface area contributed by atoms with Crippen molar-refractivity contribution in [2.75, 3.05) is 4.90 Å². The van der Waals surface area contributed by atoms with E-state index in [2.05, 4.69) is 12.2 Å². The molecule has 3 aromatic carbocycles. The van der Waals surface area contributed by atoms with E-state index in [-0.39, 0.29) is 35.5 Å². The van der Waals surface area contributed by atoms with Crippen molar-refractivity contribution in [3.63, 3.8) is 0 Å². The summed E-state index contributed by atoms with van der Waals surface area (Å²) in [4.78, 5) is 40.1. The lowest BCUT2D eigenvalue weighted by Gasteiger charge is -2.18. The number of hydrogen-bond acceptors (Lipinski definition) is 4. The number of benzene rings is 3. The minimum atomic E-state index is -0.529. The third-order valence-corrected chi connectivity index (χ3v) is 6.74. The van der Waals surface area contributed by atoms with Gasteiger partial charge in [0, 0.05) is 0 Å². The van der Waals surface area contributed by atoms with Gasteiger partial charge in [0.25, 0.3) is 0 Å². The van der Waals surface area contributed by atoms with E-state index in [0.29, 0.717) is 17.0 Å². The molecule has 1 saturated heterocycles. The highest BCUT2D eigenvalue weighted by atomic mass is 16.5. The summed E-state index contributed by atoms with van der Waals surface area (Å²) in [6.45, 7) is 0. The zero-order valence-electron chi connectivity index (χ0n) is 16.6. The molecule has 5 heteroatoms. The van der Waals surface area contributed by atoms with E-state index in [9.17, 15) is 14.4 Å². The van der Waals surface area contributed by atoms with Crippen LogP contribution in [-0.2, 0) is 9.59 Å². The first-order valence-electron chi connectivity index (χ1n) is 10.5. The maximum atomic E-state index is 13.0. The first kappa shape index (κ1) is 18.1. The van der Waals surface area contributed by atoms with Gasteiger partial charge in [-0.1, -0.05) is 48.6 Å². The van der Waals surface area contributed by atoms with Gasteiger partial charge in [-0.05, 0) is 59.4 Å². The standard InChI is InChI=1S/C26H19NO4/c28-24-22-17-8-9-18(12-17)23(22)25(29)27(24)20-7-3-6-19(13-20)26(30)31-21-11-10-15-4-1-2-5-16(15)14-21/h1-11,13-14,17-18,22-23H,12H2. The van der Waals surface area contributed by atoms with Crippen molar-refractivity contribution in [3.05, 3.63) is 84.4 Å². The molecule has 2 fully saturated rings. The predicted octanol–water partition coefficient (Wildman–Crippen LogP) is 4.37. The summed E-state index contributed by atoms with van der Waals surface area (Å²) < 4.78 is 5.56. The van der Waals surface area contributed by atoms with Gasteiger partial charge in [0.2, 0.25) is 11.8 Å². The number of rotatable bonds is 3. The number of allylic oxidation sites excluding steroid dienone is 2. The fraction of sp³-hybridized carbons (Fsp3) is 0.192. The van der Waals surface area contributed by atoms with E-state index in [0.717, 1.165) is 17.2 Å². The van der Waals surface area contributed by atoms with Gasteiger partial charge in [-0.15, -0.1) is 0 Å². The Balaban J connectivity index is 1.26. The van der Waals surface area contributed by atoms with E-state index >= 15 is 0 Å². The molecule has 0 spiro atoms. The molecule has 2 aliphatic carbocycles. The first-order chi connectivity index (χ1) is 15.1. The molecule has 0 N–H and O–H groups in total. The van der Waals surface area contributed by atoms with Crippen LogP contribution < -0.4 is 9.64 Å². The van der Waals surface area contributed by atoms with Crippen molar-refractivity contribution < 1.29 is 19.1 Å². The topological polar surface area (TPSA) is 63.7 Å². The van der Waals surface area contributed by atoms with Crippen LogP contribution in [0.4, 0.5) is 5.69 Å². The number of carbonyl (C=O) groups is 3. The summed E-state index contributed by atoms with van der Waals surface area (Å²) in [6, 6.07) is 19.9. The molecular formula is C26H19NO4. The van der Waals surface area contributed by atoms with Gasteiger partial charge in [0.15, 0.2) is 0 Å². The Hall–Kier alpha value is -3.73. The summed E-state index contributed by atoms with van der Waals surface area (Å²) in [6.07, 6.45) is 5.02. The molecule has 1 heterocycles. The average molecular weight is 409 g/mol. The Labute approximate surface area is 178 Å². The maximum Gasteiger partial charge on any atom is 0.343 e. The zero-order chi connectivity index (χ0) is 21.1. The fourth-order valence-electron chi connectivity index (χ4n) is 5.33. The second kappa shape index (κ2) is 6.64. The number of amides is 2. The number of anilines is 1. The van der Waals surface area contributed by atoms with Gasteiger partial charge in [-0.3, -0.25) is 9.59 Å². The van der Waals surface area contributed by atoms with E-state index in [4.69, 9.17) is 4.74 Å². The van der Waals surface area contributed by atoms with Gasteiger partial charge >= 0.3 is 5.97 Å². The SMILES string of the molecule is O=C(Oc1ccc2ccccc2c1)c1cccc(N2C(=O)C3C4C=CC(C4)C3C2=O)c1. The summed E-state index contributed by atoms with van der Waals surface area (Å²) in [5.41, 5.74) is 0.723. The number of hydrogen-bond donors (Lipinski definition) is 0. The number of fused-ring (bicyclic) bond motifs is 6. The smallest absolute Gasteiger partial charge is 0.343 e. The minimum Gasteiger partial charge on any atom is -0.423 e. The van der Waals surface area contributed by atoms with Crippen molar-refractivity contribution in [1.29, 1.82) is 0 Å². The van der Waals surface area contributed by atoms with Crippen LogP contribution in [0.1, 0.15) is 16.8 Å². The number of ether oxygens (including phenoxy) is 1. The fourth-order valence-corrected chi connectivity index (χ4v) is 5.33. The van der Waals surface area contributed by atoms with E-state index < -0.39 is 5.97 Å². The van der Waals surface area contributed by atoms with Gasteiger partial charge in [0.05, 0.1) is 23.1 Å². The molecule has 2 bridgehead atoms. The molecule has 0 aromatic heterocycles. The second-order valence-corrected chi connectivity index (χ2v) is 8.46. The normalized spacial score (nSPS) is 26.0. The van der Waals surface area contributed by atoms with Crippen LogP contribution in [0.3, 0.4) is 0 Å². The van der Waals surface area contributed by atoms with Crippen LogP contribution in [0, 0.1) is 23.7 Å². The molecule has 152 valence electrons. The van der Waals surface area contributed by atoms with E-state index in [1.54, 1.807) is 30.3 Å². The van der Waals surface area contributed by atoms with Crippen molar-refractivity contribution in [1.82, 2.24) is 0 Å². The van der Waals surface area contributed by atoms with Crippen molar-refractivity contribution in [3.8, 4) is 5.75 Å². The number of carbonyl (C=O) groups excluding carboxylic acids is 3. The Kier molecular flexibility index (Phi) is 3.87. The minimum absolute atomic E-state index is 0.150. The molecule has 5 nitrogen and oxygen atoms in total. The van der Waals surface area contributed by atoms with Crippen molar-refractivity contribution in [2.45, 2.75) is 6.42 Å². The average Bonchev–Trinajstić information content (AvgIpc) is 3.47. The summed E-state index contributed by atoms with van der Waals surface area (Å²) >= 11 is 0. The summed E-state index contributed by atoms with van der Waals surface area (Å²) in [5.74, 6) is -0.641. The third kappa shape index (κ3) is 2.73. The molecule has 2 amide bonds. The van der Waals surface area contributed by atoms with Gasteiger partial charge in [-0.25, -0.2) is 9.69 Å². The highest BCUT2D eigenvalue weighted by molar-refractivity contribution is 6.23. The van der Waals surface area contributed by atoms with Crippen LogP contribution in [0.2, 0.25) is 0 Å². The Morgan fingerprint density at radius 3 is 2.26 bits per heavy atom. The lowest BCUT2D eigenvalue weighted by Crippen LogP contribution is -2.33. The largest absolute Gasteiger partial charge is 0.423 e. The Bertz CT molecular complexity index is 1260. The molecule has 3 aliphatic rings. The maximum absolute atomic E-state index is 13.0. The lowest BCUT2D eigenvalue weighted by molar-refractivity contribution is -0.123. The highest BCUT2D eigenvalue weighted by Crippen LogP contribution is 2.53. The van der Waals surface area contributed by atoms with Crippen LogP contribution >= 0.6 is 0 Å². The van der Waals surface area contributed by atoms with Crippen molar-refractivity contribution >= 4 is 34.2 Å². The van der Waals surface area contributed by atoms with Crippen LogP contribution in [0.25, 0.3) is 10.8 Å². The molecule has 4 atom stereocenters. The monoisotopic (exact) mass is 409 g/mol. The van der Waals surface area contributed by atoms with E-state index in [1.165, 1.54) is 4.90 Å². The quantitative estimate of drug-likeness (QED) is 0.279. The molecular weight excluding hydrogens is 390 g/mol. The zero-order valence-corrected chi connectivity index (χ0v) is 16.6. The molecule has 6 rings (SSSR count). The van der Waals surface area contributed by atoms with Crippen LogP contribution in [-0.4, -0.2) is 17.8 Å². The Morgan fingerprint density at radius 1 is 0.806 bits per heavy atom. The summed E-state index contributed by atoms with van der Waals surface area (Å²) in [7, 11) is 0. The third-order valence-electron chi connectivity index (χ3n) is 6.74. The van der Waals surface area contributed by atoms with Crippen LogP contribution in [0.15, 0.2) is 78.9 Å². The van der Waals surface area contributed by atoms with Gasteiger partial charge in [-0.2, -0.15) is 0 Å². The van der Waals surface area contributed by atoms with Gasteiger partial charge in [0.1, 0.15) is 5.75 Å². The van der Waals surface area contributed by atoms with Crippen LogP contribution in [0.5, 0.6) is 5.75 Å². The highest BCUT2D eigenvalue weighted by Gasteiger charge is 2.59. The number of nitrogens with zero attached hydrogens (tertiary/aromatic N) is 1. The molecule has 3 aromatic rings. The molecule has 1 aliphatic heterocycles. The second-order valence-electron chi connectivity index (χ2n) is 8.46. The Morgan fingerprint density at radius 2 is 1.52 bits per heavy atom. The molecule has 1 saturated carbocycles. The summed E-state index contributed by atoms with van der Waals surface area (Å²) in [5, 5.41) is 2.04. The molecule has 4 unspecified atom stereocenters.